The molecule has 0 spiro atoms. The molecule has 0 saturated heterocycles. The topological polar surface area (TPSA) is 71.0 Å². The van der Waals surface area contributed by atoms with Gasteiger partial charge in [-0.25, -0.2) is 9.97 Å². The Balaban J connectivity index is 1.71. The van der Waals surface area contributed by atoms with Gasteiger partial charge in [0.15, 0.2) is 11.5 Å². The van der Waals surface area contributed by atoms with Crippen molar-refractivity contribution in [2.45, 2.75) is 13.1 Å². The van der Waals surface area contributed by atoms with Crippen molar-refractivity contribution in [1.29, 1.82) is 0 Å². The van der Waals surface area contributed by atoms with Crippen molar-refractivity contribution in [2.75, 3.05) is 17.3 Å². The fraction of sp³-hybridized carbons (Fsp3) is 0.120. The number of halogens is 3. The lowest BCUT2D eigenvalue weighted by molar-refractivity contribution is -0.141. The monoisotopic (exact) mass is 463 g/mol. The van der Waals surface area contributed by atoms with Gasteiger partial charge in [-0.3, -0.25) is 9.78 Å². The summed E-state index contributed by atoms with van der Waals surface area (Å²) in [6, 6.07) is 17.9. The summed E-state index contributed by atoms with van der Waals surface area (Å²) in [7, 11) is 1.62. The number of hydrogen-bond acceptors (Lipinski definition) is 5. The second kappa shape index (κ2) is 9.30. The van der Waals surface area contributed by atoms with E-state index in [2.05, 4.69) is 20.3 Å². The summed E-state index contributed by atoms with van der Waals surface area (Å²) < 4.78 is 40.8. The lowest BCUT2D eigenvalue weighted by Gasteiger charge is -2.23. The van der Waals surface area contributed by atoms with Crippen molar-refractivity contribution in [3.8, 4) is 11.4 Å². The van der Waals surface area contributed by atoms with Gasteiger partial charge in [0, 0.05) is 48.0 Å². The summed E-state index contributed by atoms with van der Waals surface area (Å²) in [5.74, 6) is -0.298. The van der Waals surface area contributed by atoms with E-state index in [1.54, 1.807) is 61.6 Å². The molecule has 0 aliphatic rings. The van der Waals surface area contributed by atoms with E-state index in [0.29, 0.717) is 22.5 Å². The van der Waals surface area contributed by atoms with Gasteiger partial charge in [0.2, 0.25) is 0 Å². The van der Waals surface area contributed by atoms with Crippen LogP contribution in [0.4, 0.5) is 30.4 Å². The summed E-state index contributed by atoms with van der Waals surface area (Å²) in [4.78, 5) is 26.0. The van der Waals surface area contributed by atoms with Crippen molar-refractivity contribution < 1.29 is 18.0 Å². The van der Waals surface area contributed by atoms with E-state index in [1.807, 2.05) is 13.0 Å². The number of hydrogen-bond donors (Lipinski definition) is 1. The standard InChI is InChI=1S/C25H20F3N5O/c1-16-8-9-19(30-24(34)18-6-4-3-5-7-18)14-20(16)33(2)22-15-21(25(26,27)28)31-23(32-22)17-10-12-29-13-11-17/h3-15H,1-2H3,(H,30,34). The molecule has 0 unspecified atom stereocenters. The van der Waals surface area contributed by atoms with E-state index < -0.39 is 11.9 Å². The Bertz CT molecular complexity index is 1310. The molecule has 0 aliphatic carbocycles. The first kappa shape index (κ1) is 22.9. The van der Waals surface area contributed by atoms with Gasteiger partial charge >= 0.3 is 6.18 Å². The number of benzene rings is 2. The number of nitrogens with zero attached hydrogens (tertiary/aromatic N) is 4. The van der Waals surface area contributed by atoms with Crippen LogP contribution in [0.3, 0.4) is 0 Å². The third-order valence-electron chi connectivity index (χ3n) is 5.15. The fourth-order valence-electron chi connectivity index (χ4n) is 3.35. The number of nitrogens with one attached hydrogen (secondary N) is 1. The molecule has 0 atom stereocenters. The van der Waals surface area contributed by atoms with E-state index in [-0.39, 0.29) is 17.5 Å². The average molecular weight is 463 g/mol. The highest BCUT2D eigenvalue weighted by atomic mass is 19.4. The number of anilines is 3. The first-order valence-corrected chi connectivity index (χ1v) is 10.3. The van der Waals surface area contributed by atoms with Crippen LogP contribution in [-0.4, -0.2) is 27.9 Å². The van der Waals surface area contributed by atoms with Crippen LogP contribution in [0, 0.1) is 6.92 Å². The Morgan fingerprint density at radius 3 is 2.32 bits per heavy atom. The predicted molar refractivity (Wildman–Crippen MR) is 124 cm³/mol. The maximum atomic E-state index is 13.6. The Labute approximate surface area is 194 Å². The van der Waals surface area contributed by atoms with Gasteiger partial charge in [-0.2, -0.15) is 13.2 Å². The molecule has 0 fully saturated rings. The first-order chi connectivity index (χ1) is 16.2. The molecule has 0 radical (unpaired) electrons. The minimum Gasteiger partial charge on any atom is -0.329 e. The van der Waals surface area contributed by atoms with E-state index in [9.17, 15) is 18.0 Å². The van der Waals surface area contributed by atoms with Crippen molar-refractivity contribution in [2.24, 2.45) is 0 Å². The largest absolute Gasteiger partial charge is 0.433 e. The maximum absolute atomic E-state index is 13.6. The molecule has 0 aliphatic heterocycles. The smallest absolute Gasteiger partial charge is 0.329 e. The van der Waals surface area contributed by atoms with Gasteiger partial charge in [0.05, 0.1) is 0 Å². The number of alkyl halides is 3. The van der Waals surface area contributed by atoms with Crippen LogP contribution in [0.25, 0.3) is 11.4 Å². The molecule has 9 heteroatoms. The lowest BCUT2D eigenvalue weighted by Crippen LogP contribution is -2.18. The van der Waals surface area contributed by atoms with Crippen molar-refractivity contribution >= 4 is 23.1 Å². The summed E-state index contributed by atoms with van der Waals surface area (Å²) in [6.45, 7) is 1.82. The first-order valence-electron chi connectivity index (χ1n) is 10.3. The number of aromatic nitrogens is 3. The third kappa shape index (κ3) is 5.03. The Morgan fingerprint density at radius 2 is 1.65 bits per heavy atom. The second-order valence-corrected chi connectivity index (χ2v) is 7.55. The quantitative estimate of drug-likeness (QED) is 0.400. The molecular formula is C25H20F3N5O. The predicted octanol–water partition coefficient (Wildman–Crippen LogP) is 5.89. The van der Waals surface area contributed by atoms with Gasteiger partial charge in [-0.15, -0.1) is 0 Å². The highest BCUT2D eigenvalue weighted by Crippen LogP contribution is 2.34. The van der Waals surface area contributed by atoms with Crippen LogP contribution in [0.2, 0.25) is 0 Å². The Kier molecular flexibility index (Phi) is 6.27. The van der Waals surface area contributed by atoms with Gasteiger partial charge in [0.25, 0.3) is 5.91 Å². The number of amides is 1. The lowest BCUT2D eigenvalue weighted by atomic mass is 10.1. The summed E-state index contributed by atoms with van der Waals surface area (Å²) in [5, 5.41) is 2.82. The van der Waals surface area contributed by atoms with Crippen LogP contribution < -0.4 is 10.2 Å². The van der Waals surface area contributed by atoms with Gasteiger partial charge in [-0.1, -0.05) is 24.3 Å². The van der Waals surface area contributed by atoms with Crippen LogP contribution in [0.1, 0.15) is 21.6 Å². The molecule has 0 saturated carbocycles. The number of carbonyl (C=O) groups is 1. The SMILES string of the molecule is Cc1ccc(NC(=O)c2ccccc2)cc1N(C)c1cc(C(F)(F)F)nc(-c2ccncc2)n1. The number of aryl methyl sites for hydroxylation is 1. The minimum absolute atomic E-state index is 0.0590. The van der Waals surface area contributed by atoms with Crippen LogP contribution in [0.15, 0.2) is 79.1 Å². The van der Waals surface area contributed by atoms with Gasteiger partial charge in [0.1, 0.15) is 5.82 Å². The Morgan fingerprint density at radius 1 is 0.941 bits per heavy atom. The summed E-state index contributed by atoms with van der Waals surface area (Å²) in [6.07, 6.45) is -1.72. The molecule has 172 valence electrons. The molecule has 1 amide bonds. The van der Waals surface area contributed by atoms with Crippen molar-refractivity contribution in [1.82, 2.24) is 15.0 Å². The Hall–Kier alpha value is -4.27. The molecule has 2 aromatic carbocycles. The van der Waals surface area contributed by atoms with Crippen LogP contribution in [-0.2, 0) is 6.18 Å². The zero-order chi connectivity index (χ0) is 24.3. The molecule has 2 heterocycles. The molecule has 2 aromatic heterocycles. The zero-order valence-corrected chi connectivity index (χ0v) is 18.3. The van der Waals surface area contributed by atoms with E-state index in [1.165, 1.54) is 17.3 Å². The average Bonchev–Trinajstić information content (AvgIpc) is 2.85. The summed E-state index contributed by atoms with van der Waals surface area (Å²) in [5.41, 5.74) is 1.72. The molecular weight excluding hydrogens is 443 g/mol. The molecule has 34 heavy (non-hydrogen) atoms. The summed E-state index contributed by atoms with van der Waals surface area (Å²) >= 11 is 0. The van der Waals surface area contributed by atoms with Gasteiger partial charge < -0.3 is 10.2 Å². The number of pyridine rings is 1. The second-order valence-electron chi connectivity index (χ2n) is 7.55. The van der Waals surface area contributed by atoms with Crippen molar-refractivity contribution in [3.05, 3.63) is 95.9 Å². The molecule has 1 N–H and O–H groups in total. The molecule has 4 rings (SSSR count). The molecule has 6 nitrogen and oxygen atoms in total. The van der Waals surface area contributed by atoms with Crippen LogP contribution in [0.5, 0.6) is 0 Å². The van der Waals surface area contributed by atoms with E-state index >= 15 is 0 Å². The molecule has 0 bridgehead atoms. The minimum atomic E-state index is -4.65. The number of carbonyl (C=O) groups excluding carboxylic acids is 1. The number of rotatable bonds is 5. The fourth-order valence-corrected chi connectivity index (χ4v) is 3.35. The van der Waals surface area contributed by atoms with Gasteiger partial charge in [-0.05, 0) is 48.9 Å². The van der Waals surface area contributed by atoms with Crippen LogP contribution >= 0.6 is 0 Å². The molecule has 4 aromatic rings. The maximum Gasteiger partial charge on any atom is 0.433 e. The third-order valence-corrected chi connectivity index (χ3v) is 5.15. The zero-order valence-electron chi connectivity index (χ0n) is 18.3. The highest BCUT2D eigenvalue weighted by molar-refractivity contribution is 6.04. The van der Waals surface area contributed by atoms with E-state index in [0.717, 1.165) is 11.6 Å². The highest BCUT2D eigenvalue weighted by Gasteiger charge is 2.34. The normalized spacial score (nSPS) is 11.2. The van der Waals surface area contributed by atoms with Crippen molar-refractivity contribution in [3.63, 3.8) is 0 Å². The van der Waals surface area contributed by atoms with E-state index in [4.69, 9.17) is 0 Å².